The Kier molecular flexibility index (Phi) is 7.20. The van der Waals surface area contributed by atoms with Gasteiger partial charge in [-0.1, -0.05) is 11.6 Å². The van der Waals surface area contributed by atoms with Gasteiger partial charge in [0.2, 0.25) is 5.91 Å². The molecule has 10 heteroatoms. The molecule has 2 aromatic heterocycles. The monoisotopic (exact) mass is 403 g/mol. The van der Waals surface area contributed by atoms with E-state index in [1.54, 1.807) is 44.7 Å². The zero-order valence-corrected chi connectivity index (χ0v) is 15.8. The maximum atomic E-state index is 12.5. The molecule has 0 aromatic carbocycles. The molecule has 0 saturated heterocycles. The van der Waals surface area contributed by atoms with E-state index in [0.717, 1.165) is 0 Å². The number of nitrogens with zero attached hydrogens (tertiary/aromatic N) is 5. The molecule has 0 spiro atoms. The Morgan fingerprint density at radius 1 is 1.33 bits per heavy atom. The van der Waals surface area contributed by atoms with Gasteiger partial charge in [-0.3, -0.25) is 9.78 Å². The maximum absolute atomic E-state index is 12.5. The fourth-order valence-electron chi connectivity index (χ4n) is 2.48. The average molecular weight is 404 g/mol. The molecule has 0 saturated carbocycles. The Morgan fingerprint density at radius 2 is 2.07 bits per heavy atom. The third-order valence-corrected chi connectivity index (χ3v) is 4.22. The number of carbonyl (C=O) groups is 1. The van der Waals surface area contributed by atoms with Gasteiger partial charge in [0, 0.05) is 32.3 Å². The molecule has 148 valence electrons. The van der Waals surface area contributed by atoms with Gasteiger partial charge in [0.25, 0.3) is 0 Å². The van der Waals surface area contributed by atoms with Crippen LogP contribution in [0.5, 0.6) is 0 Å². The van der Waals surface area contributed by atoms with Crippen LogP contribution in [0.15, 0.2) is 30.7 Å². The third kappa shape index (κ3) is 6.21. The first kappa shape index (κ1) is 21.2. The van der Waals surface area contributed by atoms with E-state index in [4.69, 9.17) is 11.6 Å². The van der Waals surface area contributed by atoms with E-state index in [-0.39, 0.29) is 30.6 Å². The lowest BCUT2D eigenvalue weighted by molar-refractivity contribution is -0.137. The van der Waals surface area contributed by atoms with E-state index in [0.29, 0.717) is 17.9 Å². The number of amides is 1. The van der Waals surface area contributed by atoms with Crippen LogP contribution >= 0.6 is 11.6 Å². The SMILES string of the molecule is CCN(C(=O)CCN(C)CCC(F)(F)F)c1cn(-c2cccnc2)nc1Cl. The molecule has 2 aromatic rings. The second-order valence-corrected chi connectivity index (χ2v) is 6.38. The molecule has 0 bridgehead atoms. The first-order valence-electron chi connectivity index (χ1n) is 8.42. The predicted molar refractivity (Wildman–Crippen MR) is 97.2 cm³/mol. The zero-order valence-electron chi connectivity index (χ0n) is 15.1. The van der Waals surface area contributed by atoms with Crippen LogP contribution in [0.3, 0.4) is 0 Å². The van der Waals surface area contributed by atoms with Crippen LogP contribution in [0.4, 0.5) is 18.9 Å². The molecule has 2 rings (SSSR count). The normalized spacial score (nSPS) is 11.8. The Bertz CT molecular complexity index is 751. The van der Waals surface area contributed by atoms with E-state index in [1.165, 1.54) is 14.5 Å². The zero-order chi connectivity index (χ0) is 20.0. The summed E-state index contributed by atoms with van der Waals surface area (Å²) in [5.41, 5.74) is 1.15. The van der Waals surface area contributed by atoms with Crippen molar-refractivity contribution in [2.75, 3.05) is 31.6 Å². The summed E-state index contributed by atoms with van der Waals surface area (Å²) < 4.78 is 38.4. The smallest absolute Gasteiger partial charge is 0.308 e. The van der Waals surface area contributed by atoms with Gasteiger partial charge in [0.1, 0.15) is 5.69 Å². The van der Waals surface area contributed by atoms with E-state index >= 15 is 0 Å². The van der Waals surface area contributed by atoms with Crippen LogP contribution in [0.25, 0.3) is 5.69 Å². The maximum Gasteiger partial charge on any atom is 0.390 e. The van der Waals surface area contributed by atoms with Crippen LogP contribution in [-0.4, -0.2) is 58.4 Å². The average Bonchev–Trinajstić information content (AvgIpc) is 3.00. The molecule has 0 aliphatic rings. The highest BCUT2D eigenvalue weighted by Crippen LogP contribution is 2.26. The van der Waals surface area contributed by atoms with Gasteiger partial charge in [-0.2, -0.15) is 18.3 Å². The number of carbonyl (C=O) groups excluding carboxylic acids is 1. The van der Waals surface area contributed by atoms with Crippen LogP contribution in [0, 0.1) is 0 Å². The predicted octanol–water partition coefficient (Wildman–Crippen LogP) is 3.55. The van der Waals surface area contributed by atoms with Crippen molar-refractivity contribution < 1.29 is 18.0 Å². The summed E-state index contributed by atoms with van der Waals surface area (Å²) in [7, 11) is 1.56. The topological polar surface area (TPSA) is 54.3 Å². The number of pyridine rings is 1. The summed E-state index contributed by atoms with van der Waals surface area (Å²) in [6, 6.07) is 3.55. The molecule has 0 aliphatic carbocycles. The van der Waals surface area contributed by atoms with Gasteiger partial charge in [-0.15, -0.1) is 0 Å². The van der Waals surface area contributed by atoms with Gasteiger partial charge >= 0.3 is 6.18 Å². The molecule has 0 atom stereocenters. The number of halogens is 4. The molecule has 0 unspecified atom stereocenters. The third-order valence-electron chi connectivity index (χ3n) is 3.95. The molecule has 0 N–H and O–H groups in total. The molecule has 2 heterocycles. The summed E-state index contributed by atoms with van der Waals surface area (Å²) in [5, 5.41) is 4.36. The van der Waals surface area contributed by atoms with Gasteiger partial charge in [0.15, 0.2) is 5.15 Å². The lowest BCUT2D eigenvalue weighted by Crippen LogP contribution is -2.34. The number of hydrogen-bond donors (Lipinski definition) is 0. The number of hydrogen-bond acceptors (Lipinski definition) is 4. The first-order chi connectivity index (χ1) is 12.7. The Morgan fingerprint density at radius 3 is 2.67 bits per heavy atom. The minimum atomic E-state index is -4.21. The Balaban J connectivity index is 2.02. The van der Waals surface area contributed by atoms with Gasteiger partial charge in [0.05, 0.1) is 24.5 Å². The highest BCUT2D eigenvalue weighted by molar-refractivity contribution is 6.32. The van der Waals surface area contributed by atoms with Crippen molar-refractivity contribution in [3.05, 3.63) is 35.9 Å². The van der Waals surface area contributed by atoms with Crippen molar-refractivity contribution in [3.8, 4) is 5.69 Å². The fourth-order valence-corrected chi connectivity index (χ4v) is 2.71. The minimum absolute atomic E-state index is 0.0800. The van der Waals surface area contributed by atoms with E-state index in [1.807, 2.05) is 0 Å². The molecule has 6 nitrogen and oxygen atoms in total. The highest BCUT2D eigenvalue weighted by atomic mass is 35.5. The van der Waals surface area contributed by atoms with Gasteiger partial charge in [-0.25, -0.2) is 4.68 Å². The number of rotatable bonds is 8. The molecule has 0 fully saturated rings. The van der Waals surface area contributed by atoms with Crippen molar-refractivity contribution in [2.24, 2.45) is 0 Å². The number of aromatic nitrogens is 3. The summed E-state index contributed by atoms with van der Waals surface area (Å²) >= 11 is 6.19. The van der Waals surface area contributed by atoms with E-state index in [2.05, 4.69) is 10.1 Å². The fraction of sp³-hybridized carbons (Fsp3) is 0.471. The van der Waals surface area contributed by atoms with Crippen LogP contribution in [0.1, 0.15) is 19.8 Å². The number of alkyl halides is 3. The van der Waals surface area contributed by atoms with Crippen molar-refractivity contribution in [1.82, 2.24) is 19.7 Å². The molecule has 27 heavy (non-hydrogen) atoms. The van der Waals surface area contributed by atoms with Crippen molar-refractivity contribution in [2.45, 2.75) is 25.9 Å². The summed E-state index contributed by atoms with van der Waals surface area (Å²) in [5.74, 6) is -0.232. The molecular formula is C17H21ClF3N5O. The Labute approximate surface area is 160 Å². The molecule has 0 aliphatic heterocycles. The van der Waals surface area contributed by atoms with Gasteiger partial charge in [-0.05, 0) is 26.1 Å². The number of anilines is 1. The van der Waals surface area contributed by atoms with Crippen molar-refractivity contribution >= 4 is 23.2 Å². The van der Waals surface area contributed by atoms with Crippen molar-refractivity contribution in [3.63, 3.8) is 0 Å². The van der Waals surface area contributed by atoms with Crippen LogP contribution < -0.4 is 4.90 Å². The standard InChI is InChI=1S/C17H21ClF3N5O/c1-3-25(15(27)6-9-24(2)10-7-17(19,20)21)14-12-26(23-16(14)18)13-5-4-8-22-11-13/h4-5,8,11-12H,3,6-7,9-10H2,1-2H3. The quantitative estimate of drug-likeness (QED) is 0.676. The summed E-state index contributed by atoms with van der Waals surface area (Å²) in [4.78, 5) is 19.5. The van der Waals surface area contributed by atoms with E-state index in [9.17, 15) is 18.0 Å². The second kappa shape index (κ2) is 9.18. The molecular weight excluding hydrogens is 383 g/mol. The summed E-state index contributed by atoms with van der Waals surface area (Å²) in [6.07, 6.45) is -0.154. The Hall–Kier alpha value is -2.13. The lowest BCUT2D eigenvalue weighted by atomic mass is 10.3. The van der Waals surface area contributed by atoms with Crippen LogP contribution in [0.2, 0.25) is 5.15 Å². The van der Waals surface area contributed by atoms with Gasteiger partial charge < -0.3 is 9.80 Å². The van der Waals surface area contributed by atoms with E-state index < -0.39 is 12.6 Å². The first-order valence-corrected chi connectivity index (χ1v) is 8.80. The summed E-state index contributed by atoms with van der Waals surface area (Å²) in [6.45, 7) is 2.23. The molecule has 0 radical (unpaired) electrons. The minimum Gasteiger partial charge on any atom is -0.308 e. The second-order valence-electron chi connectivity index (χ2n) is 6.02. The lowest BCUT2D eigenvalue weighted by Gasteiger charge is -2.22. The highest BCUT2D eigenvalue weighted by Gasteiger charge is 2.27. The van der Waals surface area contributed by atoms with Crippen LogP contribution in [-0.2, 0) is 4.79 Å². The van der Waals surface area contributed by atoms with Crippen molar-refractivity contribution in [1.29, 1.82) is 0 Å². The largest absolute Gasteiger partial charge is 0.390 e. The molecule has 1 amide bonds.